The Labute approximate surface area is 185 Å². The van der Waals surface area contributed by atoms with E-state index in [0.29, 0.717) is 6.61 Å². The number of benzene rings is 3. The van der Waals surface area contributed by atoms with E-state index < -0.39 is 5.60 Å². The molecule has 3 aromatic rings. The van der Waals surface area contributed by atoms with Crippen LogP contribution in [0.3, 0.4) is 0 Å². The molecule has 0 radical (unpaired) electrons. The molecular formula is C27H32O4. The lowest BCUT2D eigenvalue weighted by Gasteiger charge is -2.37. The lowest BCUT2D eigenvalue weighted by atomic mass is 9.80. The molecule has 0 spiro atoms. The van der Waals surface area contributed by atoms with Crippen LogP contribution in [0.2, 0.25) is 0 Å². The molecule has 0 bridgehead atoms. The average molecular weight is 421 g/mol. The zero-order chi connectivity index (χ0) is 22.1. The SMILES string of the molecule is CCCC(COC(c1ccccc1)(c1ccc(OC)cc1)c1ccc(OC)cc1)OC. The number of hydrogen-bond acceptors (Lipinski definition) is 4. The van der Waals surface area contributed by atoms with E-state index in [1.807, 2.05) is 42.5 Å². The van der Waals surface area contributed by atoms with Crippen molar-refractivity contribution in [2.24, 2.45) is 0 Å². The second-order valence-electron chi connectivity index (χ2n) is 7.46. The van der Waals surface area contributed by atoms with Crippen LogP contribution in [0.4, 0.5) is 0 Å². The third-order valence-corrected chi connectivity index (χ3v) is 5.60. The lowest BCUT2D eigenvalue weighted by Crippen LogP contribution is -2.36. The molecule has 0 saturated carbocycles. The summed E-state index contributed by atoms with van der Waals surface area (Å²) in [4.78, 5) is 0. The van der Waals surface area contributed by atoms with Gasteiger partial charge in [-0.15, -0.1) is 0 Å². The minimum atomic E-state index is -0.801. The maximum absolute atomic E-state index is 6.83. The minimum Gasteiger partial charge on any atom is -0.497 e. The van der Waals surface area contributed by atoms with Gasteiger partial charge >= 0.3 is 0 Å². The second-order valence-corrected chi connectivity index (χ2v) is 7.46. The summed E-state index contributed by atoms with van der Waals surface area (Å²) in [5.74, 6) is 1.61. The molecule has 0 heterocycles. The lowest BCUT2D eigenvalue weighted by molar-refractivity contribution is -0.0540. The first-order valence-corrected chi connectivity index (χ1v) is 10.7. The molecule has 0 aliphatic carbocycles. The van der Waals surface area contributed by atoms with Crippen molar-refractivity contribution in [1.29, 1.82) is 0 Å². The van der Waals surface area contributed by atoms with E-state index >= 15 is 0 Å². The van der Waals surface area contributed by atoms with E-state index in [9.17, 15) is 0 Å². The number of hydrogen-bond donors (Lipinski definition) is 0. The van der Waals surface area contributed by atoms with Crippen molar-refractivity contribution in [2.75, 3.05) is 27.9 Å². The molecule has 1 unspecified atom stereocenters. The van der Waals surface area contributed by atoms with Crippen molar-refractivity contribution in [3.63, 3.8) is 0 Å². The second kappa shape index (κ2) is 11.0. The van der Waals surface area contributed by atoms with Gasteiger partial charge in [-0.25, -0.2) is 0 Å². The summed E-state index contributed by atoms with van der Waals surface area (Å²) in [6, 6.07) is 26.5. The van der Waals surface area contributed by atoms with E-state index in [4.69, 9.17) is 18.9 Å². The van der Waals surface area contributed by atoms with Gasteiger partial charge in [0.15, 0.2) is 0 Å². The maximum Gasteiger partial charge on any atom is 0.143 e. The van der Waals surface area contributed by atoms with Crippen molar-refractivity contribution in [3.8, 4) is 11.5 Å². The van der Waals surface area contributed by atoms with Gasteiger partial charge in [-0.05, 0) is 47.4 Å². The quantitative estimate of drug-likeness (QED) is 0.366. The van der Waals surface area contributed by atoms with E-state index in [-0.39, 0.29) is 6.10 Å². The monoisotopic (exact) mass is 420 g/mol. The third kappa shape index (κ3) is 5.09. The zero-order valence-corrected chi connectivity index (χ0v) is 18.8. The van der Waals surface area contributed by atoms with Crippen molar-refractivity contribution in [2.45, 2.75) is 31.5 Å². The Morgan fingerprint density at radius 3 is 1.58 bits per heavy atom. The molecule has 0 N–H and O–H groups in total. The Kier molecular flexibility index (Phi) is 8.10. The van der Waals surface area contributed by atoms with E-state index in [2.05, 4.69) is 43.3 Å². The first-order valence-electron chi connectivity index (χ1n) is 10.7. The number of ether oxygens (including phenoxy) is 4. The minimum absolute atomic E-state index is 0.0181. The molecule has 0 saturated heterocycles. The highest BCUT2D eigenvalue weighted by atomic mass is 16.5. The molecule has 164 valence electrons. The summed E-state index contributed by atoms with van der Waals surface area (Å²) in [6.07, 6.45) is 1.99. The molecule has 0 aromatic heterocycles. The van der Waals surface area contributed by atoms with Gasteiger partial charge in [0, 0.05) is 7.11 Å². The smallest absolute Gasteiger partial charge is 0.143 e. The standard InChI is InChI=1S/C27H32O4/c1-5-9-26(30-4)20-31-27(21-10-7-6-8-11-21,22-12-16-24(28-2)17-13-22)23-14-18-25(29-3)19-15-23/h6-8,10-19,26H,5,9,20H2,1-4H3. The van der Waals surface area contributed by atoms with Crippen LogP contribution in [-0.2, 0) is 15.1 Å². The van der Waals surface area contributed by atoms with Gasteiger partial charge in [-0.3, -0.25) is 0 Å². The number of methoxy groups -OCH3 is 3. The van der Waals surface area contributed by atoms with E-state index in [1.165, 1.54) is 0 Å². The Hall–Kier alpha value is -2.82. The summed E-state index contributed by atoms with van der Waals surface area (Å²) in [7, 11) is 5.09. The number of rotatable bonds is 11. The van der Waals surface area contributed by atoms with Gasteiger partial charge in [0.2, 0.25) is 0 Å². The molecule has 31 heavy (non-hydrogen) atoms. The zero-order valence-electron chi connectivity index (χ0n) is 18.8. The molecule has 0 aliphatic rings. The highest BCUT2D eigenvalue weighted by Gasteiger charge is 2.38. The van der Waals surface area contributed by atoms with Gasteiger partial charge < -0.3 is 18.9 Å². The van der Waals surface area contributed by atoms with Crippen LogP contribution in [0.1, 0.15) is 36.5 Å². The van der Waals surface area contributed by atoms with Gasteiger partial charge in [0.25, 0.3) is 0 Å². The van der Waals surface area contributed by atoms with Gasteiger partial charge in [-0.1, -0.05) is 67.9 Å². The van der Waals surface area contributed by atoms with Gasteiger partial charge in [0.1, 0.15) is 17.1 Å². The molecule has 1 atom stereocenters. The molecule has 4 nitrogen and oxygen atoms in total. The largest absolute Gasteiger partial charge is 0.497 e. The predicted molar refractivity (Wildman–Crippen MR) is 124 cm³/mol. The summed E-state index contributed by atoms with van der Waals surface area (Å²) in [5.41, 5.74) is 2.30. The van der Waals surface area contributed by atoms with Crippen LogP contribution in [0.15, 0.2) is 78.9 Å². The van der Waals surface area contributed by atoms with Crippen LogP contribution in [0.5, 0.6) is 11.5 Å². The third-order valence-electron chi connectivity index (χ3n) is 5.60. The Morgan fingerprint density at radius 1 is 0.677 bits per heavy atom. The van der Waals surface area contributed by atoms with Gasteiger partial charge in [-0.2, -0.15) is 0 Å². The molecule has 0 amide bonds. The van der Waals surface area contributed by atoms with E-state index in [0.717, 1.165) is 41.0 Å². The van der Waals surface area contributed by atoms with Crippen molar-refractivity contribution >= 4 is 0 Å². The van der Waals surface area contributed by atoms with Crippen molar-refractivity contribution in [1.82, 2.24) is 0 Å². The maximum atomic E-state index is 6.83. The molecule has 3 rings (SSSR count). The fraction of sp³-hybridized carbons (Fsp3) is 0.333. The summed E-state index contributed by atoms with van der Waals surface area (Å²) in [6.45, 7) is 2.63. The highest BCUT2D eigenvalue weighted by molar-refractivity contribution is 5.49. The van der Waals surface area contributed by atoms with E-state index in [1.54, 1.807) is 21.3 Å². The average Bonchev–Trinajstić information content (AvgIpc) is 2.85. The first-order chi connectivity index (χ1) is 15.2. The van der Waals surface area contributed by atoms with Crippen molar-refractivity contribution < 1.29 is 18.9 Å². The van der Waals surface area contributed by atoms with Crippen molar-refractivity contribution in [3.05, 3.63) is 95.6 Å². The summed E-state index contributed by atoms with van der Waals surface area (Å²) < 4.78 is 23.3. The van der Waals surface area contributed by atoms with Crippen LogP contribution < -0.4 is 9.47 Å². The Balaban J connectivity index is 2.17. The van der Waals surface area contributed by atoms with Crippen LogP contribution in [-0.4, -0.2) is 34.0 Å². The fourth-order valence-corrected chi connectivity index (χ4v) is 3.88. The molecule has 0 aliphatic heterocycles. The topological polar surface area (TPSA) is 36.9 Å². The van der Waals surface area contributed by atoms with Gasteiger partial charge in [0.05, 0.1) is 26.9 Å². The summed E-state index contributed by atoms with van der Waals surface area (Å²) >= 11 is 0. The first kappa shape index (κ1) is 22.9. The summed E-state index contributed by atoms with van der Waals surface area (Å²) in [5, 5.41) is 0. The molecular weight excluding hydrogens is 388 g/mol. The van der Waals surface area contributed by atoms with Crippen LogP contribution >= 0.6 is 0 Å². The normalized spacial score (nSPS) is 12.4. The highest BCUT2D eigenvalue weighted by Crippen LogP contribution is 2.41. The Bertz CT molecular complexity index is 857. The fourth-order valence-electron chi connectivity index (χ4n) is 3.88. The molecule has 4 heteroatoms. The van der Waals surface area contributed by atoms with Crippen LogP contribution in [0, 0.1) is 0 Å². The molecule has 3 aromatic carbocycles. The van der Waals surface area contributed by atoms with Crippen LogP contribution in [0.25, 0.3) is 0 Å². The Morgan fingerprint density at radius 2 is 1.16 bits per heavy atom. The molecule has 0 fully saturated rings. The predicted octanol–water partition coefficient (Wildman–Crippen LogP) is 5.83.